The summed E-state index contributed by atoms with van der Waals surface area (Å²) in [5.41, 5.74) is 1.03. The number of aromatic nitrogens is 3. The molecule has 0 spiro atoms. The van der Waals surface area contributed by atoms with Gasteiger partial charge in [0, 0.05) is 6.54 Å². The number of rotatable bonds is 10. The van der Waals surface area contributed by atoms with Crippen LogP contribution in [0.4, 0.5) is 8.78 Å². The molecule has 0 atom stereocenters. The Labute approximate surface area is 205 Å². The summed E-state index contributed by atoms with van der Waals surface area (Å²) in [6.07, 6.45) is 0. The number of methoxy groups -OCH3 is 1. The van der Waals surface area contributed by atoms with Gasteiger partial charge in [-0.1, -0.05) is 36.0 Å². The predicted molar refractivity (Wildman–Crippen MR) is 128 cm³/mol. The molecule has 0 bridgehead atoms. The minimum atomic E-state index is -0.458. The summed E-state index contributed by atoms with van der Waals surface area (Å²) >= 11 is 1.12. The number of benzene rings is 3. The number of hydrogen-bond acceptors (Lipinski definition) is 6. The number of para-hydroxylation sites is 1. The molecule has 10 heteroatoms. The molecule has 1 heterocycles. The number of nitrogens with zero attached hydrogens (tertiary/aromatic N) is 3. The van der Waals surface area contributed by atoms with Crippen LogP contribution in [-0.4, -0.2) is 33.5 Å². The third-order valence-electron chi connectivity index (χ3n) is 4.96. The summed E-state index contributed by atoms with van der Waals surface area (Å²) in [7, 11) is 1.58. The van der Waals surface area contributed by atoms with E-state index in [2.05, 4.69) is 15.5 Å². The van der Waals surface area contributed by atoms with Gasteiger partial charge in [-0.2, -0.15) is 0 Å². The zero-order valence-corrected chi connectivity index (χ0v) is 19.6. The van der Waals surface area contributed by atoms with E-state index in [-0.39, 0.29) is 36.3 Å². The maximum absolute atomic E-state index is 14.6. The van der Waals surface area contributed by atoms with Gasteiger partial charge in [0.2, 0.25) is 5.91 Å². The minimum Gasteiger partial charge on any atom is -0.497 e. The van der Waals surface area contributed by atoms with Gasteiger partial charge in [0.1, 0.15) is 29.7 Å². The van der Waals surface area contributed by atoms with Crippen molar-refractivity contribution in [2.24, 2.45) is 0 Å². The molecule has 1 aromatic heterocycles. The Morgan fingerprint density at radius 3 is 2.40 bits per heavy atom. The van der Waals surface area contributed by atoms with E-state index >= 15 is 0 Å². The number of hydrogen-bond donors (Lipinski definition) is 1. The average Bonchev–Trinajstić information content (AvgIpc) is 3.29. The summed E-state index contributed by atoms with van der Waals surface area (Å²) in [5, 5.41) is 11.5. The number of ether oxygens (including phenoxy) is 2. The van der Waals surface area contributed by atoms with Crippen molar-refractivity contribution in [3.63, 3.8) is 0 Å². The first kappa shape index (κ1) is 24.2. The average molecular weight is 497 g/mol. The second-order valence-electron chi connectivity index (χ2n) is 7.34. The SMILES string of the molecule is COc1ccc(OCc2nnc(SCC(=O)NCc3ccc(F)cc3)n2-c2ccccc2F)cc1. The van der Waals surface area contributed by atoms with E-state index in [4.69, 9.17) is 9.47 Å². The van der Waals surface area contributed by atoms with Crippen molar-refractivity contribution >= 4 is 17.7 Å². The smallest absolute Gasteiger partial charge is 0.230 e. The lowest BCUT2D eigenvalue weighted by Gasteiger charge is -2.12. The number of thioether (sulfide) groups is 1. The highest BCUT2D eigenvalue weighted by molar-refractivity contribution is 7.99. The third kappa shape index (κ3) is 6.36. The Balaban J connectivity index is 1.46. The van der Waals surface area contributed by atoms with E-state index in [1.165, 1.54) is 22.8 Å². The van der Waals surface area contributed by atoms with Crippen LogP contribution < -0.4 is 14.8 Å². The molecule has 0 fully saturated rings. The Morgan fingerprint density at radius 1 is 0.971 bits per heavy atom. The fraction of sp³-hybridized carbons (Fsp3) is 0.160. The molecule has 180 valence electrons. The highest BCUT2D eigenvalue weighted by atomic mass is 32.2. The fourth-order valence-corrected chi connectivity index (χ4v) is 3.96. The maximum Gasteiger partial charge on any atom is 0.230 e. The van der Waals surface area contributed by atoms with Gasteiger partial charge in [0.15, 0.2) is 11.0 Å². The van der Waals surface area contributed by atoms with E-state index < -0.39 is 5.82 Å². The van der Waals surface area contributed by atoms with Gasteiger partial charge in [-0.25, -0.2) is 8.78 Å². The molecule has 3 aromatic carbocycles. The number of carbonyl (C=O) groups excluding carboxylic acids is 1. The molecule has 0 aliphatic rings. The van der Waals surface area contributed by atoms with Crippen LogP contribution in [0.1, 0.15) is 11.4 Å². The van der Waals surface area contributed by atoms with Gasteiger partial charge >= 0.3 is 0 Å². The highest BCUT2D eigenvalue weighted by Crippen LogP contribution is 2.25. The lowest BCUT2D eigenvalue weighted by atomic mass is 10.2. The van der Waals surface area contributed by atoms with Gasteiger partial charge in [0.05, 0.1) is 18.6 Å². The first-order valence-corrected chi connectivity index (χ1v) is 11.6. The van der Waals surface area contributed by atoms with Gasteiger partial charge in [0.25, 0.3) is 0 Å². The maximum atomic E-state index is 14.6. The van der Waals surface area contributed by atoms with Crippen LogP contribution >= 0.6 is 11.8 Å². The zero-order chi connectivity index (χ0) is 24.6. The normalized spacial score (nSPS) is 10.7. The summed E-state index contributed by atoms with van der Waals surface area (Å²) < 4.78 is 40.2. The van der Waals surface area contributed by atoms with E-state index in [9.17, 15) is 13.6 Å². The van der Waals surface area contributed by atoms with Crippen LogP contribution in [0.2, 0.25) is 0 Å². The number of amides is 1. The van der Waals surface area contributed by atoms with Crippen molar-refractivity contribution in [2.75, 3.05) is 12.9 Å². The van der Waals surface area contributed by atoms with E-state index in [0.717, 1.165) is 17.3 Å². The van der Waals surface area contributed by atoms with Crippen molar-refractivity contribution in [2.45, 2.75) is 18.3 Å². The molecule has 4 rings (SSSR count). The summed E-state index contributed by atoms with van der Waals surface area (Å²) in [5.74, 6) is 0.647. The monoisotopic (exact) mass is 496 g/mol. The van der Waals surface area contributed by atoms with Gasteiger partial charge in [-0.3, -0.25) is 9.36 Å². The largest absolute Gasteiger partial charge is 0.497 e. The molecule has 0 aliphatic heterocycles. The number of nitrogens with one attached hydrogen (secondary N) is 1. The van der Waals surface area contributed by atoms with Crippen molar-refractivity contribution in [1.29, 1.82) is 0 Å². The molecular weight excluding hydrogens is 474 g/mol. The lowest BCUT2D eigenvalue weighted by Crippen LogP contribution is -2.24. The first-order valence-electron chi connectivity index (χ1n) is 10.6. The topological polar surface area (TPSA) is 78.3 Å². The van der Waals surface area contributed by atoms with Crippen LogP contribution in [0.25, 0.3) is 5.69 Å². The molecule has 35 heavy (non-hydrogen) atoms. The summed E-state index contributed by atoms with van der Waals surface area (Å²) in [4.78, 5) is 12.4. The molecule has 0 radical (unpaired) electrons. The first-order chi connectivity index (χ1) is 17.0. The van der Waals surface area contributed by atoms with Crippen molar-refractivity contribution in [3.8, 4) is 17.2 Å². The molecule has 4 aromatic rings. The quantitative estimate of drug-likeness (QED) is 0.325. The van der Waals surface area contributed by atoms with Gasteiger partial charge in [-0.15, -0.1) is 10.2 Å². The molecule has 1 N–H and O–H groups in total. The molecule has 1 amide bonds. The van der Waals surface area contributed by atoms with Gasteiger partial charge < -0.3 is 14.8 Å². The Kier molecular flexibility index (Phi) is 7.94. The van der Waals surface area contributed by atoms with Crippen LogP contribution in [0, 0.1) is 11.6 Å². The van der Waals surface area contributed by atoms with Gasteiger partial charge in [-0.05, 0) is 54.1 Å². The number of carbonyl (C=O) groups is 1. The second-order valence-corrected chi connectivity index (χ2v) is 8.28. The standard InChI is InChI=1S/C25H22F2N4O3S/c1-33-19-10-12-20(13-11-19)34-15-23-29-30-25(31(23)22-5-3-2-4-21(22)27)35-16-24(32)28-14-17-6-8-18(26)9-7-17/h2-13H,14-16H2,1H3,(H,28,32). The fourth-order valence-electron chi connectivity index (χ4n) is 3.17. The Morgan fingerprint density at radius 2 is 1.69 bits per heavy atom. The van der Waals surface area contributed by atoms with Crippen LogP contribution in [0.5, 0.6) is 11.5 Å². The lowest BCUT2D eigenvalue weighted by molar-refractivity contribution is -0.118. The third-order valence-corrected chi connectivity index (χ3v) is 5.89. The van der Waals surface area contributed by atoms with Crippen LogP contribution in [-0.2, 0) is 17.9 Å². The molecule has 0 saturated carbocycles. The van der Waals surface area contributed by atoms with Crippen LogP contribution in [0.3, 0.4) is 0 Å². The second kappa shape index (κ2) is 11.5. The Hall–Kier alpha value is -3.92. The van der Waals surface area contributed by atoms with Crippen molar-refractivity contribution in [1.82, 2.24) is 20.1 Å². The molecule has 0 unspecified atom stereocenters. The number of halogens is 2. The van der Waals surface area contributed by atoms with E-state index in [1.54, 1.807) is 61.7 Å². The van der Waals surface area contributed by atoms with Crippen molar-refractivity contribution in [3.05, 3.63) is 95.8 Å². The molecule has 0 saturated heterocycles. The molecule has 7 nitrogen and oxygen atoms in total. The molecule has 0 aliphatic carbocycles. The highest BCUT2D eigenvalue weighted by Gasteiger charge is 2.19. The van der Waals surface area contributed by atoms with Crippen molar-refractivity contribution < 1.29 is 23.0 Å². The Bertz CT molecular complexity index is 1280. The molecular formula is C25H22F2N4O3S. The predicted octanol–water partition coefficient (Wildman–Crippen LogP) is 4.54. The van der Waals surface area contributed by atoms with Crippen LogP contribution in [0.15, 0.2) is 78.0 Å². The zero-order valence-electron chi connectivity index (χ0n) is 18.8. The van der Waals surface area contributed by atoms with E-state index in [0.29, 0.717) is 22.5 Å². The summed E-state index contributed by atoms with van der Waals surface area (Å²) in [6.45, 7) is 0.297. The van der Waals surface area contributed by atoms with E-state index in [1.807, 2.05) is 0 Å². The summed E-state index contributed by atoms with van der Waals surface area (Å²) in [6, 6.07) is 19.2. The minimum absolute atomic E-state index is 0.0327.